The number of halogens is 2. The van der Waals surface area contributed by atoms with Gasteiger partial charge in [-0.05, 0) is 35.9 Å². The Morgan fingerprint density at radius 3 is 2.52 bits per heavy atom. The van der Waals surface area contributed by atoms with Gasteiger partial charge in [0.2, 0.25) is 5.89 Å². The molecule has 33 heavy (non-hydrogen) atoms. The Morgan fingerprint density at radius 2 is 1.85 bits per heavy atom. The Balaban J connectivity index is 1.51. The summed E-state index contributed by atoms with van der Waals surface area (Å²) < 4.78 is 37.8. The Hall–Kier alpha value is -4.41. The number of hydrogen-bond donors (Lipinski definition) is 0. The Kier molecular flexibility index (Phi) is 4.93. The van der Waals surface area contributed by atoms with Crippen molar-refractivity contribution in [3.63, 3.8) is 0 Å². The number of aromatic nitrogens is 5. The molecule has 0 N–H and O–H groups in total. The predicted molar refractivity (Wildman–Crippen MR) is 113 cm³/mol. The molecule has 4 heterocycles. The van der Waals surface area contributed by atoms with Crippen molar-refractivity contribution in [1.29, 1.82) is 0 Å². The minimum absolute atomic E-state index is 0.0796. The molecular formula is C22H15F2N5O4. The monoisotopic (exact) mass is 451 g/mol. The summed E-state index contributed by atoms with van der Waals surface area (Å²) in [5.74, 6) is -0.884. The fourth-order valence-electron chi connectivity index (χ4n) is 3.51. The summed E-state index contributed by atoms with van der Waals surface area (Å²) in [5.41, 5.74) is 1.89. The SMILES string of the molecule is Cn1c(=O)n(Cc2ccc(-c3nnc(C(F)F)o3)cn2)c(=O)c2cc(-c3ccoc3)ccc21. The molecule has 0 fully saturated rings. The second-order valence-corrected chi connectivity index (χ2v) is 7.26. The molecule has 0 spiro atoms. The summed E-state index contributed by atoms with van der Waals surface area (Å²) >= 11 is 0. The molecule has 0 radical (unpaired) electrons. The van der Waals surface area contributed by atoms with Gasteiger partial charge in [-0.3, -0.25) is 18.9 Å². The van der Waals surface area contributed by atoms with Gasteiger partial charge in [-0.1, -0.05) is 6.07 Å². The van der Waals surface area contributed by atoms with Gasteiger partial charge in [0.15, 0.2) is 0 Å². The molecule has 5 rings (SSSR count). The summed E-state index contributed by atoms with van der Waals surface area (Å²) in [6, 6.07) is 10.1. The molecule has 0 saturated carbocycles. The van der Waals surface area contributed by atoms with Gasteiger partial charge >= 0.3 is 12.1 Å². The van der Waals surface area contributed by atoms with Crippen LogP contribution < -0.4 is 11.2 Å². The van der Waals surface area contributed by atoms with E-state index in [-0.39, 0.29) is 12.4 Å². The number of nitrogens with zero attached hydrogens (tertiary/aromatic N) is 5. The third kappa shape index (κ3) is 3.63. The van der Waals surface area contributed by atoms with E-state index in [0.717, 1.165) is 15.7 Å². The van der Waals surface area contributed by atoms with Crippen molar-refractivity contribution in [3.05, 3.63) is 87.5 Å². The molecule has 11 heteroatoms. The van der Waals surface area contributed by atoms with Gasteiger partial charge in [0.1, 0.15) is 0 Å². The second-order valence-electron chi connectivity index (χ2n) is 7.26. The van der Waals surface area contributed by atoms with Crippen molar-refractivity contribution in [2.45, 2.75) is 13.0 Å². The fourth-order valence-corrected chi connectivity index (χ4v) is 3.51. The molecule has 0 unspecified atom stereocenters. The van der Waals surface area contributed by atoms with Crippen molar-refractivity contribution in [1.82, 2.24) is 24.3 Å². The lowest BCUT2D eigenvalue weighted by Crippen LogP contribution is -2.39. The van der Waals surface area contributed by atoms with E-state index in [1.165, 1.54) is 17.0 Å². The molecule has 0 aliphatic rings. The van der Waals surface area contributed by atoms with Crippen LogP contribution in [0.2, 0.25) is 0 Å². The van der Waals surface area contributed by atoms with E-state index in [4.69, 9.17) is 8.83 Å². The molecule has 9 nitrogen and oxygen atoms in total. The topological polar surface area (TPSA) is 109 Å². The highest BCUT2D eigenvalue weighted by Gasteiger charge is 2.18. The molecule has 0 atom stereocenters. The summed E-state index contributed by atoms with van der Waals surface area (Å²) in [6.07, 6.45) is 1.59. The molecule has 166 valence electrons. The van der Waals surface area contributed by atoms with Gasteiger partial charge in [-0.2, -0.15) is 8.78 Å². The molecule has 5 aromatic rings. The maximum atomic E-state index is 13.2. The molecule has 4 aromatic heterocycles. The van der Waals surface area contributed by atoms with Crippen molar-refractivity contribution in [2.24, 2.45) is 7.05 Å². The van der Waals surface area contributed by atoms with E-state index in [1.807, 2.05) is 6.07 Å². The molecule has 0 aliphatic heterocycles. The smallest absolute Gasteiger partial charge is 0.331 e. The maximum absolute atomic E-state index is 13.2. The summed E-state index contributed by atoms with van der Waals surface area (Å²) in [6.45, 7) is -0.0796. The Labute approximate surface area is 183 Å². The highest BCUT2D eigenvalue weighted by molar-refractivity contribution is 5.84. The minimum Gasteiger partial charge on any atom is -0.472 e. The number of fused-ring (bicyclic) bond motifs is 1. The van der Waals surface area contributed by atoms with Crippen molar-refractivity contribution >= 4 is 10.9 Å². The van der Waals surface area contributed by atoms with Crippen LogP contribution in [0.25, 0.3) is 33.5 Å². The van der Waals surface area contributed by atoms with E-state index in [2.05, 4.69) is 15.2 Å². The van der Waals surface area contributed by atoms with Crippen LogP contribution in [0, 0.1) is 0 Å². The van der Waals surface area contributed by atoms with Crippen molar-refractivity contribution in [3.8, 4) is 22.6 Å². The molecule has 0 saturated heterocycles. The average Bonchev–Trinajstić information content (AvgIpc) is 3.53. The number of alkyl halides is 2. The highest BCUT2D eigenvalue weighted by Crippen LogP contribution is 2.24. The first-order chi connectivity index (χ1) is 15.9. The van der Waals surface area contributed by atoms with Gasteiger partial charge in [-0.15, -0.1) is 10.2 Å². The lowest BCUT2D eigenvalue weighted by Gasteiger charge is -2.11. The van der Waals surface area contributed by atoms with E-state index >= 15 is 0 Å². The first kappa shape index (κ1) is 20.5. The van der Waals surface area contributed by atoms with E-state index in [1.54, 1.807) is 43.6 Å². The van der Waals surface area contributed by atoms with Crippen LogP contribution >= 0.6 is 0 Å². The first-order valence-corrected chi connectivity index (χ1v) is 9.75. The lowest BCUT2D eigenvalue weighted by molar-refractivity contribution is 0.116. The predicted octanol–water partition coefficient (Wildman–Crippen LogP) is 3.39. The van der Waals surface area contributed by atoms with Gasteiger partial charge in [0.05, 0.1) is 41.2 Å². The average molecular weight is 451 g/mol. The summed E-state index contributed by atoms with van der Waals surface area (Å²) in [5, 5.41) is 7.23. The zero-order valence-electron chi connectivity index (χ0n) is 17.1. The number of pyridine rings is 1. The lowest BCUT2D eigenvalue weighted by atomic mass is 10.1. The molecule has 1 aromatic carbocycles. The molecular weight excluding hydrogens is 436 g/mol. The standard InChI is InChI=1S/C22H15F2N5O4/c1-28-17-5-3-12(14-6-7-32-11-14)8-16(17)21(30)29(22(28)31)10-15-4-2-13(9-25-15)19-26-27-20(33-19)18(23)24/h2-9,11,18H,10H2,1H3. The van der Waals surface area contributed by atoms with Crippen LogP contribution in [-0.2, 0) is 13.6 Å². The number of rotatable bonds is 5. The van der Waals surface area contributed by atoms with Crippen molar-refractivity contribution < 1.29 is 17.6 Å². The van der Waals surface area contributed by atoms with Gasteiger partial charge < -0.3 is 8.83 Å². The van der Waals surface area contributed by atoms with E-state index < -0.39 is 23.6 Å². The maximum Gasteiger partial charge on any atom is 0.331 e. The van der Waals surface area contributed by atoms with E-state index in [9.17, 15) is 18.4 Å². The largest absolute Gasteiger partial charge is 0.472 e. The first-order valence-electron chi connectivity index (χ1n) is 9.75. The minimum atomic E-state index is -2.87. The molecule has 0 bridgehead atoms. The fraction of sp³-hybridized carbons (Fsp3) is 0.136. The van der Waals surface area contributed by atoms with Crippen LogP contribution in [0.15, 0.2) is 73.5 Å². The Bertz CT molecular complexity index is 1570. The van der Waals surface area contributed by atoms with Crippen LogP contribution in [0.5, 0.6) is 0 Å². The summed E-state index contributed by atoms with van der Waals surface area (Å²) in [4.78, 5) is 30.3. The van der Waals surface area contributed by atoms with E-state index in [0.29, 0.717) is 22.2 Å². The van der Waals surface area contributed by atoms with Crippen molar-refractivity contribution in [2.75, 3.05) is 0 Å². The number of aryl methyl sites for hydroxylation is 1. The molecule has 0 amide bonds. The van der Waals surface area contributed by atoms with Gasteiger partial charge in [-0.25, -0.2) is 4.79 Å². The zero-order valence-corrected chi connectivity index (χ0v) is 17.1. The number of furan rings is 1. The van der Waals surface area contributed by atoms with Gasteiger partial charge in [0, 0.05) is 18.8 Å². The highest BCUT2D eigenvalue weighted by atomic mass is 19.3. The third-order valence-electron chi connectivity index (χ3n) is 5.22. The van der Waals surface area contributed by atoms with Crippen LogP contribution in [-0.4, -0.2) is 24.3 Å². The zero-order chi connectivity index (χ0) is 23.1. The second kappa shape index (κ2) is 7.93. The van der Waals surface area contributed by atoms with Crippen LogP contribution in [0.4, 0.5) is 8.78 Å². The molecule has 0 aliphatic carbocycles. The van der Waals surface area contributed by atoms with Crippen LogP contribution in [0.3, 0.4) is 0 Å². The van der Waals surface area contributed by atoms with Gasteiger partial charge in [0.25, 0.3) is 11.4 Å². The number of benzene rings is 1. The quantitative estimate of drug-likeness (QED) is 0.403. The van der Waals surface area contributed by atoms with Crippen LogP contribution in [0.1, 0.15) is 18.0 Å². The summed E-state index contributed by atoms with van der Waals surface area (Å²) in [7, 11) is 1.59. The normalized spacial score (nSPS) is 11.5. The Morgan fingerprint density at radius 1 is 1.03 bits per heavy atom. The third-order valence-corrected chi connectivity index (χ3v) is 5.22. The number of hydrogen-bond acceptors (Lipinski definition) is 7.